The third kappa shape index (κ3) is 8.46. The molecule has 0 radical (unpaired) electrons. The lowest BCUT2D eigenvalue weighted by atomic mass is 10.3. The monoisotopic (exact) mass is 466 g/mol. The van der Waals surface area contributed by atoms with Gasteiger partial charge in [-0.1, -0.05) is 11.6 Å². The van der Waals surface area contributed by atoms with E-state index < -0.39 is 37.4 Å². The molecule has 0 saturated carbocycles. The Morgan fingerprint density at radius 2 is 1.93 bits per heavy atom. The normalized spacial score (nSPS) is 14.1. The predicted molar refractivity (Wildman–Crippen MR) is 110 cm³/mol. The number of hydrogen-bond acceptors (Lipinski definition) is 4. The Morgan fingerprint density at radius 1 is 1.28 bits per heavy atom. The number of nitrogens with one attached hydrogen (secondary N) is 1. The molecule has 6 nitrogen and oxygen atoms in total. The number of carbonyl (C=O) groups excluding carboxylic acids is 1. The van der Waals surface area contributed by atoms with Crippen LogP contribution in [0.2, 0.25) is 0 Å². The van der Waals surface area contributed by atoms with Crippen molar-refractivity contribution in [1.29, 1.82) is 0 Å². The summed E-state index contributed by atoms with van der Waals surface area (Å²) < 4.78 is 64.6. The Hall–Kier alpha value is -2.04. The lowest BCUT2D eigenvalue weighted by Crippen LogP contribution is -2.23. The molecule has 0 aliphatic heterocycles. The summed E-state index contributed by atoms with van der Waals surface area (Å²) in [5.74, 6) is -2.08. The van der Waals surface area contributed by atoms with Crippen LogP contribution in [-0.2, 0) is 25.6 Å². The number of allylic oxidation sites excluding steroid dienone is 5. The number of benzene rings is 1. The van der Waals surface area contributed by atoms with Gasteiger partial charge in [0, 0.05) is 59.3 Å². The van der Waals surface area contributed by atoms with Crippen molar-refractivity contribution in [3.63, 3.8) is 0 Å². The van der Waals surface area contributed by atoms with E-state index >= 15 is 0 Å². The van der Waals surface area contributed by atoms with Crippen molar-refractivity contribution < 1.29 is 26.2 Å². The SMILES string of the molecule is C\C(=C/C=C(Cl)\C=C\NS(=O)(=O)c1ccc(F)cc1F)S(=O)CCC(=O)N(C)C. The molecule has 0 aliphatic rings. The Balaban J connectivity index is 2.72. The first-order chi connectivity index (χ1) is 13.4. The van der Waals surface area contributed by atoms with Gasteiger partial charge in [-0.2, -0.15) is 0 Å². The van der Waals surface area contributed by atoms with E-state index in [1.807, 2.05) is 4.72 Å². The Kier molecular flexibility index (Phi) is 9.67. The minimum absolute atomic E-state index is 0.105. The zero-order valence-electron chi connectivity index (χ0n) is 16.0. The molecular weight excluding hydrogens is 446 g/mol. The van der Waals surface area contributed by atoms with Gasteiger partial charge in [-0.05, 0) is 37.3 Å². The maximum atomic E-state index is 13.6. The second-order valence-corrected chi connectivity index (χ2v) is 9.81. The molecule has 29 heavy (non-hydrogen) atoms. The summed E-state index contributed by atoms with van der Waals surface area (Å²) in [4.78, 5) is 12.7. The number of hydrogen-bond donors (Lipinski definition) is 1. The fourth-order valence-electron chi connectivity index (χ4n) is 1.85. The molecule has 0 saturated heterocycles. The molecule has 1 unspecified atom stereocenters. The number of nitrogens with zero attached hydrogens (tertiary/aromatic N) is 1. The molecule has 1 rings (SSSR count). The summed E-state index contributed by atoms with van der Waals surface area (Å²) in [6, 6.07) is 2.10. The molecule has 1 N–H and O–H groups in total. The number of halogens is 3. The quantitative estimate of drug-likeness (QED) is 0.567. The van der Waals surface area contributed by atoms with E-state index in [4.69, 9.17) is 11.6 Å². The fraction of sp³-hybridized carbons (Fsp3) is 0.278. The lowest BCUT2D eigenvalue weighted by molar-refractivity contribution is -0.128. The first-order valence-electron chi connectivity index (χ1n) is 8.20. The van der Waals surface area contributed by atoms with Crippen molar-refractivity contribution in [3.05, 3.63) is 64.2 Å². The van der Waals surface area contributed by atoms with Crippen molar-refractivity contribution in [1.82, 2.24) is 9.62 Å². The molecular formula is C18H21ClF2N2O4S2. The molecule has 1 amide bonds. The summed E-state index contributed by atoms with van der Waals surface area (Å²) in [5.41, 5.74) is 0. The van der Waals surface area contributed by atoms with E-state index in [9.17, 15) is 26.2 Å². The van der Waals surface area contributed by atoms with Crippen LogP contribution >= 0.6 is 11.6 Å². The standard InChI is InChI=1S/C18H21ClF2N2O4S2/c1-13(28(25)11-9-18(24)23(2)3)4-5-14(19)8-10-22-29(26,27)17-7-6-15(20)12-16(17)21/h4-8,10,12,22H,9,11H2,1-3H3/b10-8+,13-4+,14-5+. The van der Waals surface area contributed by atoms with Crippen LogP contribution in [0, 0.1) is 11.6 Å². The van der Waals surface area contributed by atoms with Gasteiger partial charge in [0.25, 0.3) is 10.0 Å². The molecule has 1 aromatic carbocycles. The van der Waals surface area contributed by atoms with E-state index in [0.29, 0.717) is 11.0 Å². The van der Waals surface area contributed by atoms with Crippen LogP contribution in [0.4, 0.5) is 8.78 Å². The molecule has 0 aromatic heterocycles. The zero-order valence-corrected chi connectivity index (χ0v) is 18.4. The highest BCUT2D eigenvalue weighted by molar-refractivity contribution is 7.89. The van der Waals surface area contributed by atoms with E-state index in [1.54, 1.807) is 21.0 Å². The van der Waals surface area contributed by atoms with Crippen molar-refractivity contribution in [2.45, 2.75) is 18.2 Å². The van der Waals surface area contributed by atoms with E-state index in [2.05, 4.69) is 0 Å². The van der Waals surface area contributed by atoms with Gasteiger partial charge >= 0.3 is 0 Å². The van der Waals surface area contributed by atoms with Crippen molar-refractivity contribution in [3.8, 4) is 0 Å². The summed E-state index contributed by atoms with van der Waals surface area (Å²) >= 11 is 5.94. The molecule has 1 aromatic rings. The maximum absolute atomic E-state index is 13.6. The average molecular weight is 467 g/mol. The second-order valence-electron chi connectivity index (χ2n) is 5.95. The average Bonchev–Trinajstić information content (AvgIpc) is 2.63. The van der Waals surface area contributed by atoms with Gasteiger partial charge in [0.2, 0.25) is 5.91 Å². The minimum Gasteiger partial charge on any atom is -0.349 e. The highest BCUT2D eigenvalue weighted by Gasteiger charge is 2.17. The zero-order chi connectivity index (χ0) is 22.2. The van der Waals surface area contributed by atoms with Crippen LogP contribution < -0.4 is 4.72 Å². The van der Waals surface area contributed by atoms with Crippen molar-refractivity contribution in [2.24, 2.45) is 0 Å². The van der Waals surface area contributed by atoms with Gasteiger partial charge < -0.3 is 4.90 Å². The van der Waals surface area contributed by atoms with Crippen LogP contribution in [-0.4, -0.2) is 43.3 Å². The summed E-state index contributed by atoms with van der Waals surface area (Å²) in [7, 11) is -2.37. The van der Waals surface area contributed by atoms with Crippen molar-refractivity contribution >= 4 is 38.3 Å². The number of carbonyl (C=O) groups is 1. The van der Waals surface area contributed by atoms with Gasteiger partial charge in [0.15, 0.2) is 0 Å². The Morgan fingerprint density at radius 3 is 2.52 bits per heavy atom. The second kappa shape index (κ2) is 11.2. The van der Waals surface area contributed by atoms with Gasteiger partial charge in [0.1, 0.15) is 16.5 Å². The number of sulfonamides is 1. The topological polar surface area (TPSA) is 83.5 Å². The summed E-state index contributed by atoms with van der Waals surface area (Å²) in [5, 5.41) is 0.105. The largest absolute Gasteiger partial charge is 0.349 e. The molecule has 0 heterocycles. The molecule has 0 aliphatic carbocycles. The highest BCUT2D eigenvalue weighted by Crippen LogP contribution is 2.15. The van der Waals surface area contributed by atoms with Gasteiger partial charge in [-0.15, -0.1) is 0 Å². The van der Waals surface area contributed by atoms with E-state index in [-0.39, 0.29) is 23.1 Å². The van der Waals surface area contributed by atoms with Crippen LogP contribution in [0.25, 0.3) is 0 Å². The molecule has 160 valence electrons. The van der Waals surface area contributed by atoms with Crippen LogP contribution in [0.15, 0.2) is 57.5 Å². The van der Waals surface area contributed by atoms with Gasteiger partial charge in [-0.25, -0.2) is 17.2 Å². The highest BCUT2D eigenvalue weighted by atomic mass is 35.5. The van der Waals surface area contributed by atoms with E-state index in [0.717, 1.165) is 18.3 Å². The lowest BCUT2D eigenvalue weighted by Gasteiger charge is -2.09. The third-order valence-electron chi connectivity index (χ3n) is 3.49. The predicted octanol–water partition coefficient (Wildman–Crippen LogP) is 3.01. The molecule has 11 heteroatoms. The van der Waals surface area contributed by atoms with Crippen LogP contribution in [0.3, 0.4) is 0 Å². The first-order valence-corrected chi connectivity index (χ1v) is 11.4. The van der Waals surface area contributed by atoms with Crippen LogP contribution in [0.5, 0.6) is 0 Å². The fourth-order valence-corrected chi connectivity index (χ4v) is 3.82. The van der Waals surface area contributed by atoms with Crippen LogP contribution in [0.1, 0.15) is 13.3 Å². The van der Waals surface area contributed by atoms with Crippen molar-refractivity contribution in [2.75, 3.05) is 19.8 Å². The summed E-state index contributed by atoms with van der Waals surface area (Å²) in [6.45, 7) is 1.61. The molecule has 0 bridgehead atoms. The van der Waals surface area contributed by atoms with Gasteiger partial charge in [-0.3, -0.25) is 13.7 Å². The Bertz CT molecular complexity index is 974. The Labute approximate surface area is 176 Å². The molecule has 0 fully saturated rings. The summed E-state index contributed by atoms with van der Waals surface area (Å²) in [6.07, 6.45) is 5.20. The smallest absolute Gasteiger partial charge is 0.264 e. The van der Waals surface area contributed by atoms with E-state index in [1.165, 1.54) is 23.1 Å². The minimum atomic E-state index is -4.23. The molecule has 1 atom stereocenters. The first kappa shape index (κ1) is 25.0. The number of amides is 1. The number of rotatable bonds is 9. The maximum Gasteiger partial charge on any atom is 0.264 e. The molecule has 0 spiro atoms. The third-order valence-corrected chi connectivity index (χ3v) is 6.52. The van der Waals surface area contributed by atoms with Gasteiger partial charge in [0.05, 0.1) is 0 Å².